The van der Waals surface area contributed by atoms with E-state index in [0.29, 0.717) is 21.0 Å². The maximum absolute atomic E-state index is 12.6. The van der Waals surface area contributed by atoms with Crippen LogP contribution in [0, 0.1) is 6.92 Å². The van der Waals surface area contributed by atoms with Crippen LogP contribution < -0.4 is 5.32 Å². The summed E-state index contributed by atoms with van der Waals surface area (Å²) in [7, 11) is 0. The highest BCUT2D eigenvalue weighted by Gasteiger charge is 2.34. The predicted molar refractivity (Wildman–Crippen MR) is 121 cm³/mol. The number of hydrogen-bond acceptors (Lipinski definition) is 4. The minimum Gasteiger partial charge on any atom is -0.310 e. The van der Waals surface area contributed by atoms with E-state index in [-0.39, 0.29) is 18.2 Å². The Hall–Kier alpha value is -1.93. The quantitative estimate of drug-likeness (QED) is 0.344. The maximum Gasteiger partial charge on any atom is 0.226 e. The van der Waals surface area contributed by atoms with Crippen LogP contribution in [0.4, 0.5) is 5.82 Å². The largest absolute Gasteiger partial charge is 0.310 e. The molecule has 29 heavy (non-hydrogen) atoms. The van der Waals surface area contributed by atoms with Gasteiger partial charge in [0, 0.05) is 22.4 Å². The van der Waals surface area contributed by atoms with Crippen LogP contribution >= 0.6 is 50.5 Å². The van der Waals surface area contributed by atoms with E-state index in [1.807, 2.05) is 37.3 Å². The van der Waals surface area contributed by atoms with Crippen molar-refractivity contribution >= 4 is 72.4 Å². The second-order valence-electron chi connectivity index (χ2n) is 6.82. The number of nitrogens with zero attached hydrogens (tertiary/aromatic N) is 3. The van der Waals surface area contributed by atoms with Gasteiger partial charge in [0.05, 0.1) is 26.0 Å². The number of thiazole rings is 1. The molecule has 1 atom stereocenters. The summed E-state index contributed by atoms with van der Waals surface area (Å²) in [6.07, 6.45) is 0.284. The highest BCUT2D eigenvalue weighted by atomic mass is 79.9. The summed E-state index contributed by atoms with van der Waals surface area (Å²) in [6, 6.07) is 11.4. The summed E-state index contributed by atoms with van der Waals surface area (Å²) in [6.45, 7) is 1.93. The van der Waals surface area contributed by atoms with Crippen molar-refractivity contribution in [2.75, 3.05) is 5.32 Å². The van der Waals surface area contributed by atoms with Crippen molar-refractivity contribution in [3.05, 3.63) is 67.7 Å². The molecule has 0 spiro atoms. The molecule has 146 valence electrons. The number of halogens is 3. The van der Waals surface area contributed by atoms with Crippen molar-refractivity contribution in [3.63, 3.8) is 0 Å². The molecule has 1 amide bonds. The molecule has 0 saturated carbocycles. The lowest BCUT2D eigenvalue weighted by Gasteiger charge is -2.25. The molecule has 0 bridgehead atoms. The number of rotatable bonds is 2. The number of amides is 1. The number of hydrogen-bond donors (Lipinski definition) is 1. The first-order valence-corrected chi connectivity index (χ1v) is 11.2. The zero-order chi connectivity index (χ0) is 20.3. The van der Waals surface area contributed by atoms with Gasteiger partial charge in [0.15, 0.2) is 0 Å². The Kier molecular flexibility index (Phi) is 4.66. The van der Waals surface area contributed by atoms with E-state index in [2.05, 4.69) is 21.2 Å². The first kappa shape index (κ1) is 19.1. The number of benzene rings is 2. The van der Waals surface area contributed by atoms with Gasteiger partial charge in [-0.2, -0.15) is 9.78 Å². The molecule has 1 N–H and O–H groups in total. The van der Waals surface area contributed by atoms with Crippen LogP contribution in [0.1, 0.15) is 29.2 Å². The molecule has 5 rings (SSSR count). The zero-order valence-electron chi connectivity index (χ0n) is 15.0. The second-order valence-corrected chi connectivity index (χ2v) is 9.53. The summed E-state index contributed by atoms with van der Waals surface area (Å²) >= 11 is 17.7. The van der Waals surface area contributed by atoms with Gasteiger partial charge in [-0.1, -0.05) is 62.6 Å². The number of fused-ring (bicyclic) bond motifs is 2. The fourth-order valence-electron chi connectivity index (χ4n) is 3.72. The van der Waals surface area contributed by atoms with Crippen LogP contribution in [0.3, 0.4) is 0 Å². The molecule has 1 aliphatic heterocycles. The van der Waals surface area contributed by atoms with Crippen LogP contribution in [0.25, 0.3) is 15.3 Å². The van der Waals surface area contributed by atoms with Crippen LogP contribution in [0.5, 0.6) is 0 Å². The standard InChI is InChI=1S/C20H13BrCl2N4OS/c1-9-17-12(11-3-2-4-13(22)18(11)23)8-16(28)25-19(17)27(26-9)20-24-14-6-5-10(21)7-15(14)29-20/h2-7,12H,8H2,1H3,(H,25,28)/t12-/m0/s1. The number of carbonyl (C=O) groups is 1. The molecule has 5 nitrogen and oxygen atoms in total. The van der Waals surface area contributed by atoms with Crippen LogP contribution in [-0.2, 0) is 4.79 Å². The number of anilines is 1. The zero-order valence-corrected chi connectivity index (χ0v) is 19.0. The molecule has 3 heterocycles. The number of nitrogens with one attached hydrogen (secondary N) is 1. The lowest BCUT2D eigenvalue weighted by atomic mass is 9.86. The Morgan fingerprint density at radius 1 is 1.28 bits per heavy atom. The molecule has 1 aliphatic rings. The van der Waals surface area contributed by atoms with Crippen molar-refractivity contribution in [1.82, 2.24) is 14.8 Å². The van der Waals surface area contributed by atoms with Gasteiger partial charge in [0.2, 0.25) is 11.0 Å². The van der Waals surface area contributed by atoms with Gasteiger partial charge in [-0.3, -0.25) is 4.79 Å². The van der Waals surface area contributed by atoms with Gasteiger partial charge in [-0.15, -0.1) is 0 Å². The third-order valence-electron chi connectivity index (χ3n) is 4.98. The molecule has 2 aromatic heterocycles. The number of aryl methyl sites for hydroxylation is 1. The molecule has 9 heteroatoms. The molecule has 0 unspecified atom stereocenters. The average Bonchev–Trinajstić information content (AvgIpc) is 3.24. The van der Waals surface area contributed by atoms with Gasteiger partial charge in [-0.05, 0) is 36.8 Å². The fourth-order valence-corrected chi connectivity index (χ4v) is 5.63. The Morgan fingerprint density at radius 2 is 2.10 bits per heavy atom. The summed E-state index contributed by atoms with van der Waals surface area (Å²) in [4.78, 5) is 17.3. The average molecular weight is 508 g/mol. The molecule has 0 aliphatic carbocycles. The SMILES string of the molecule is Cc1nn(-c2nc3ccc(Br)cc3s2)c2c1[C@H](c1cccc(Cl)c1Cl)CC(=O)N2. The first-order valence-electron chi connectivity index (χ1n) is 8.82. The third-order valence-corrected chi connectivity index (χ3v) is 7.30. The van der Waals surface area contributed by atoms with E-state index in [1.165, 1.54) is 11.3 Å². The minimum absolute atomic E-state index is 0.0939. The van der Waals surface area contributed by atoms with Crippen molar-refractivity contribution in [2.24, 2.45) is 0 Å². The minimum atomic E-state index is -0.220. The molecule has 0 saturated heterocycles. The monoisotopic (exact) mass is 506 g/mol. The Morgan fingerprint density at radius 3 is 2.93 bits per heavy atom. The molecule has 0 fully saturated rings. The van der Waals surface area contributed by atoms with E-state index < -0.39 is 0 Å². The summed E-state index contributed by atoms with van der Waals surface area (Å²) in [5, 5.41) is 9.32. The smallest absolute Gasteiger partial charge is 0.226 e. The van der Waals surface area contributed by atoms with E-state index >= 15 is 0 Å². The molecule has 4 aromatic rings. The van der Waals surface area contributed by atoms with Gasteiger partial charge in [-0.25, -0.2) is 4.98 Å². The van der Waals surface area contributed by atoms with Crippen molar-refractivity contribution in [3.8, 4) is 5.13 Å². The first-order chi connectivity index (χ1) is 13.9. The number of aromatic nitrogens is 3. The maximum atomic E-state index is 12.6. The van der Waals surface area contributed by atoms with Crippen LogP contribution in [0.15, 0.2) is 40.9 Å². The molecule has 2 aromatic carbocycles. The van der Waals surface area contributed by atoms with Crippen LogP contribution in [-0.4, -0.2) is 20.7 Å². The molecular weight excluding hydrogens is 495 g/mol. The van der Waals surface area contributed by atoms with Gasteiger partial charge < -0.3 is 5.32 Å². The van der Waals surface area contributed by atoms with Crippen LogP contribution in [0.2, 0.25) is 10.0 Å². The topological polar surface area (TPSA) is 59.8 Å². The van der Waals surface area contributed by atoms with Crippen molar-refractivity contribution < 1.29 is 4.79 Å². The fraction of sp³-hybridized carbons (Fsp3) is 0.150. The normalized spacial score (nSPS) is 16.1. The van der Waals surface area contributed by atoms with E-state index in [4.69, 9.17) is 33.3 Å². The second kappa shape index (κ2) is 7.09. The summed E-state index contributed by atoms with van der Waals surface area (Å²) in [5.41, 5.74) is 3.47. The lowest BCUT2D eigenvalue weighted by molar-refractivity contribution is -0.116. The van der Waals surface area contributed by atoms with Crippen molar-refractivity contribution in [2.45, 2.75) is 19.3 Å². The molecule has 0 radical (unpaired) electrons. The van der Waals surface area contributed by atoms with Gasteiger partial charge in [0.25, 0.3) is 0 Å². The highest BCUT2D eigenvalue weighted by Crippen LogP contribution is 2.44. The Bertz CT molecular complexity index is 1300. The highest BCUT2D eigenvalue weighted by molar-refractivity contribution is 9.10. The summed E-state index contributed by atoms with van der Waals surface area (Å²) < 4.78 is 3.74. The van der Waals surface area contributed by atoms with E-state index in [9.17, 15) is 4.79 Å². The van der Waals surface area contributed by atoms with Gasteiger partial charge in [0.1, 0.15) is 5.82 Å². The Balaban J connectivity index is 1.69. The lowest BCUT2D eigenvalue weighted by Crippen LogP contribution is -2.25. The van der Waals surface area contributed by atoms with E-state index in [1.54, 1.807) is 10.7 Å². The van der Waals surface area contributed by atoms with Gasteiger partial charge >= 0.3 is 0 Å². The molecular formula is C20H13BrCl2N4OS. The van der Waals surface area contributed by atoms with E-state index in [0.717, 1.165) is 31.5 Å². The summed E-state index contributed by atoms with van der Waals surface area (Å²) in [5.74, 6) is 0.323. The van der Waals surface area contributed by atoms with Crippen molar-refractivity contribution in [1.29, 1.82) is 0 Å². The predicted octanol–water partition coefficient (Wildman–Crippen LogP) is 6.33. The number of carbonyl (C=O) groups excluding carboxylic acids is 1. The Labute approximate surface area is 188 Å². The third kappa shape index (κ3) is 3.17.